The minimum atomic E-state index is -0.467. The van der Waals surface area contributed by atoms with E-state index in [1.165, 1.54) is 57.8 Å². The van der Waals surface area contributed by atoms with Gasteiger partial charge in [-0.3, -0.25) is 0 Å². The fourth-order valence-electron chi connectivity index (χ4n) is 8.83. The molecule has 4 rings (SSSR count). The van der Waals surface area contributed by atoms with Crippen LogP contribution in [0.25, 0.3) is 0 Å². The highest BCUT2D eigenvalue weighted by Gasteiger charge is 2.59. The Labute approximate surface area is 181 Å². The van der Waals surface area contributed by atoms with Crippen molar-refractivity contribution in [1.29, 1.82) is 0 Å². The summed E-state index contributed by atoms with van der Waals surface area (Å²) in [5, 5.41) is 10.7. The number of fused-ring (bicyclic) bond motifs is 5. The molecule has 1 nitrogen and oxygen atoms in total. The molecule has 166 valence electrons. The monoisotopic (exact) mass is 400 g/mol. The zero-order valence-electron chi connectivity index (χ0n) is 20.3. The fraction of sp³-hybridized carbons (Fsp3) is 0.929. The molecule has 0 saturated heterocycles. The molecule has 0 heterocycles. The van der Waals surface area contributed by atoms with Gasteiger partial charge in [0.1, 0.15) is 0 Å². The van der Waals surface area contributed by atoms with E-state index in [-0.39, 0.29) is 0 Å². The molecule has 3 saturated carbocycles. The number of hydrogen-bond acceptors (Lipinski definition) is 1. The van der Waals surface area contributed by atoms with E-state index in [1.807, 2.05) is 0 Å². The minimum absolute atomic E-state index is 0.369. The molecule has 8 atom stereocenters. The predicted molar refractivity (Wildman–Crippen MR) is 124 cm³/mol. The second kappa shape index (κ2) is 7.68. The van der Waals surface area contributed by atoms with E-state index in [0.717, 1.165) is 48.3 Å². The molecule has 0 amide bonds. The topological polar surface area (TPSA) is 20.2 Å². The predicted octanol–water partition coefficient (Wildman–Crippen LogP) is 7.78. The number of rotatable bonds is 5. The van der Waals surface area contributed by atoms with Gasteiger partial charge in [-0.05, 0) is 105 Å². The van der Waals surface area contributed by atoms with Gasteiger partial charge < -0.3 is 5.11 Å². The van der Waals surface area contributed by atoms with Crippen molar-refractivity contribution < 1.29 is 5.11 Å². The third-order valence-corrected chi connectivity index (χ3v) is 10.6. The third-order valence-electron chi connectivity index (χ3n) is 10.6. The number of hydrogen-bond donors (Lipinski definition) is 1. The van der Waals surface area contributed by atoms with E-state index in [4.69, 9.17) is 0 Å². The van der Waals surface area contributed by atoms with Crippen LogP contribution in [0.4, 0.5) is 0 Å². The second-order valence-electron chi connectivity index (χ2n) is 13.0. The summed E-state index contributed by atoms with van der Waals surface area (Å²) < 4.78 is 0. The third kappa shape index (κ3) is 3.77. The van der Waals surface area contributed by atoms with Crippen molar-refractivity contribution in [3.05, 3.63) is 11.6 Å². The van der Waals surface area contributed by atoms with Crippen LogP contribution >= 0.6 is 0 Å². The summed E-state index contributed by atoms with van der Waals surface area (Å²) in [5.74, 6) is 5.41. The van der Waals surface area contributed by atoms with Crippen molar-refractivity contribution in [3.8, 4) is 0 Å². The molecule has 0 bridgehead atoms. The maximum atomic E-state index is 10.7. The molecule has 4 aliphatic rings. The van der Waals surface area contributed by atoms with Gasteiger partial charge in [0.2, 0.25) is 0 Å². The van der Waals surface area contributed by atoms with Gasteiger partial charge in [-0.1, -0.05) is 65.5 Å². The molecule has 0 aliphatic heterocycles. The summed E-state index contributed by atoms with van der Waals surface area (Å²) in [7, 11) is 0. The van der Waals surface area contributed by atoms with Crippen molar-refractivity contribution >= 4 is 0 Å². The van der Waals surface area contributed by atoms with Gasteiger partial charge >= 0.3 is 0 Å². The summed E-state index contributed by atoms with van der Waals surface area (Å²) in [6.45, 7) is 14.6. The first-order valence-electron chi connectivity index (χ1n) is 13.0. The quantitative estimate of drug-likeness (QED) is 0.467. The molecule has 0 aromatic carbocycles. The average Bonchev–Trinajstić information content (AvgIpc) is 2.99. The maximum absolute atomic E-state index is 10.7. The molecular weight excluding hydrogens is 352 g/mol. The molecule has 0 aromatic heterocycles. The normalized spacial score (nSPS) is 47.9. The fourth-order valence-corrected chi connectivity index (χ4v) is 8.83. The van der Waals surface area contributed by atoms with Crippen molar-refractivity contribution in [2.24, 2.45) is 46.3 Å². The van der Waals surface area contributed by atoms with Crippen LogP contribution in [-0.2, 0) is 0 Å². The average molecular weight is 401 g/mol. The van der Waals surface area contributed by atoms with E-state index in [9.17, 15) is 5.11 Å². The zero-order chi connectivity index (χ0) is 21.0. The summed E-state index contributed by atoms with van der Waals surface area (Å²) >= 11 is 0. The summed E-state index contributed by atoms with van der Waals surface area (Å²) in [6, 6.07) is 0. The first-order valence-corrected chi connectivity index (χ1v) is 13.0. The Bertz CT molecular complexity index is 630. The van der Waals surface area contributed by atoms with E-state index < -0.39 is 5.60 Å². The Morgan fingerprint density at radius 2 is 1.72 bits per heavy atom. The molecule has 3 fully saturated rings. The highest BCUT2D eigenvalue weighted by Crippen LogP contribution is 2.67. The SMILES string of the molecule is CC(C)CCC[C@@H](C)[C@@H]1CC[C@@H]2[C@@H]3CC=C4C[C@@](C)(O)CC[C@]4(C)[C@H]3CC[C@]21C. The molecular formula is C28H48O. The van der Waals surface area contributed by atoms with E-state index in [0.29, 0.717) is 10.8 Å². The standard InChI is InChI=1S/C28H48O/c1-19(2)8-7-9-20(3)23-12-13-24-22-11-10-21-18-26(4,29)16-17-27(21,5)25(22)14-15-28(23,24)6/h10,19-20,22-25,29H,7-9,11-18H2,1-6H3/t20-,22+,23+,24-,25+,26+,27+,28+/m1/s1. The Hall–Kier alpha value is -0.300. The molecule has 0 aromatic rings. The minimum Gasteiger partial charge on any atom is -0.390 e. The van der Waals surface area contributed by atoms with Crippen LogP contribution in [0.15, 0.2) is 11.6 Å². The first-order chi connectivity index (χ1) is 13.6. The molecule has 1 N–H and O–H groups in total. The lowest BCUT2D eigenvalue weighted by molar-refractivity contribution is -0.0705. The van der Waals surface area contributed by atoms with Crippen LogP contribution in [-0.4, -0.2) is 10.7 Å². The molecule has 0 unspecified atom stereocenters. The van der Waals surface area contributed by atoms with Gasteiger partial charge in [0.25, 0.3) is 0 Å². The molecule has 29 heavy (non-hydrogen) atoms. The van der Waals surface area contributed by atoms with Gasteiger partial charge in [-0.2, -0.15) is 0 Å². The van der Waals surface area contributed by atoms with Crippen LogP contribution in [0.3, 0.4) is 0 Å². The summed E-state index contributed by atoms with van der Waals surface area (Å²) in [6.07, 6.45) is 17.1. The largest absolute Gasteiger partial charge is 0.390 e. The van der Waals surface area contributed by atoms with E-state index in [1.54, 1.807) is 5.57 Å². The highest BCUT2D eigenvalue weighted by molar-refractivity contribution is 5.26. The van der Waals surface area contributed by atoms with Gasteiger partial charge in [-0.25, -0.2) is 0 Å². The Morgan fingerprint density at radius 3 is 2.45 bits per heavy atom. The lowest BCUT2D eigenvalue weighted by Crippen LogP contribution is -2.52. The van der Waals surface area contributed by atoms with Crippen LogP contribution in [0, 0.1) is 46.3 Å². The lowest BCUT2D eigenvalue weighted by atomic mass is 9.46. The molecule has 0 radical (unpaired) electrons. The van der Waals surface area contributed by atoms with E-state index in [2.05, 4.69) is 47.6 Å². The molecule has 0 spiro atoms. The number of allylic oxidation sites excluding steroid dienone is 1. The van der Waals surface area contributed by atoms with Crippen LogP contribution in [0.1, 0.15) is 112 Å². The van der Waals surface area contributed by atoms with Gasteiger partial charge in [0.05, 0.1) is 5.60 Å². The molecule has 1 heteroatoms. The van der Waals surface area contributed by atoms with Crippen LogP contribution in [0.2, 0.25) is 0 Å². The van der Waals surface area contributed by atoms with Crippen molar-refractivity contribution in [3.63, 3.8) is 0 Å². The van der Waals surface area contributed by atoms with Crippen LogP contribution in [0.5, 0.6) is 0 Å². The lowest BCUT2D eigenvalue weighted by Gasteiger charge is -2.59. The highest BCUT2D eigenvalue weighted by atomic mass is 16.3. The Morgan fingerprint density at radius 1 is 0.966 bits per heavy atom. The summed E-state index contributed by atoms with van der Waals surface area (Å²) in [4.78, 5) is 0. The van der Waals surface area contributed by atoms with Gasteiger partial charge in [0.15, 0.2) is 0 Å². The molecule has 4 aliphatic carbocycles. The number of aliphatic hydroxyl groups is 1. The Kier molecular flexibility index (Phi) is 5.81. The summed E-state index contributed by atoms with van der Waals surface area (Å²) in [5.41, 5.74) is 2.09. The van der Waals surface area contributed by atoms with E-state index >= 15 is 0 Å². The maximum Gasteiger partial charge on any atom is 0.0657 e. The first kappa shape index (κ1) is 21.9. The smallest absolute Gasteiger partial charge is 0.0657 e. The van der Waals surface area contributed by atoms with Crippen LogP contribution < -0.4 is 0 Å². The van der Waals surface area contributed by atoms with Crippen molar-refractivity contribution in [1.82, 2.24) is 0 Å². The zero-order valence-corrected chi connectivity index (χ0v) is 20.3. The van der Waals surface area contributed by atoms with Crippen molar-refractivity contribution in [2.45, 2.75) is 118 Å². The Balaban J connectivity index is 1.50. The van der Waals surface area contributed by atoms with Gasteiger partial charge in [-0.15, -0.1) is 0 Å². The second-order valence-corrected chi connectivity index (χ2v) is 13.0. The van der Waals surface area contributed by atoms with Crippen molar-refractivity contribution in [2.75, 3.05) is 0 Å². The van der Waals surface area contributed by atoms with Gasteiger partial charge in [0, 0.05) is 0 Å².